The molecular formula is C24H20F3N3O. The summed E-state index contributed by atoms with van der Waals surface area (Å²) in [7, 11) is 0. The summed E-state index contributed by atoms with van der Waals surface area (Å²) in [4.78, 5) is 8.21. The molecule has 4 rings (SSSR count). The van der Waals surface area contributed by atoms with Crippen molar-refractivity contribution in [3.8, 4) is 34.0 Å². The van der Waals surface area contributed by atoms with Crippen LogP contribution in [0.1, 0.15) is 30.9 Å². The largest absolute Gasteiger partial charge is 0.416 e. The van der Waals surface area contributed by atoms with E-state index >= 15 is 0 Å². The van der Waals surface area contributed by atoms with Crippen molar-refractivity contribution in [3.63, 3.8) is 0 Å². The number of unbranched alkanes of at least 4 members (excludes halogenated alkanes) is 1. The predicted octanol–water partition coefficient (Wildman–Crippen LogP) is 6.83. The fourth-order valence-electron chi connectivity index (χ4n) is 3.29. The Hall–Kier alpha value is -3.48. The zero-order valence-electron chi connectivity index (χ0n) is 16.9. The Kier molecular flexibility index (Phi) is 5.84. The van der Waals surface area contributed by atoms with Gasteiger partial charge in [-0.15, -0.1) is 0 Å². The van der Waals surface area contributed by atoms with Crippen LogP contribution >= 0.6 is 0 Å². The van der Waals surface area contributed by atoms with E-state index in [2.05, 4.69) is 22.0 Å². The van der Waals surface area contributed by atoms with E-state index < -0.39 is 11.7 Å². The lowest BCUT2D eigenvalue weighted by atomic mass is 9.97. The van der Waals surface area contributed by atoms with E-state index in [1.54, 1.807) is 30.6 Å². The number of pyridine rings is 1. The van der Waals surface area contributed by atoms with E-state index in [1.807, 2.05) is 24.3 Å². The first-order valence-corrected chi connectivity index (χ1v) is 10.00. The Morgan fingerprint density at radius 1 is 0.839 bits per heavy atom. The molecule has 4 aromatic rings. The molecule has 0 aliphatic heterocycles. The number of benzene rings is 2. The molecule has 2 aromatic carbocycles. The highest BCUT2D eigenvalue weighted by atomic mass is 19.4. The Morgan fingerprint density at radius 2 is 1.55 bits per heavy atom. The van der Waals surface area contributed by atoms with Crippen molar-refractivity contribution in [2.24, 2.45) is 0 Å². The van der Waals surface area contributed by atoms with Crippen molar-refractivity contribution < 1.29 is 17.7 Å². The van der Waals surface area contributed by atoms with Gasteiger partial charge in [0.1, 0.15) is 0 Å². The van der Waals surface area contributed by atoms with Gasteiger partial charge in [-0.25, -0.2) is 0 Å². The van der Waals surface area contributed by atoms with E-state index in [4.69, 9.17) is 4.52 Å². The third kappa shape index (κ3) is 4.82. The average Bonchev–Trinajstić information content (AvgIpc) is 3.28. The molecule has 0 aliphatic rings. The summed E-state index contributed by atoms with van der Waals surface area (Å²) in [6.45, 7) is 2.12. The van der Waals surface area contributed by atoms with E-state index in [-0.39, 0.29) is 17.3 Å². The predicted molar refractivity (Wildman–Crippen MR) is 112 cm³/mol. The van der Waals surface area contributed by atoms with Crippen molar-refractivity contribution in [1.29, 1.82) is 0 Å². The first-order valence-electron chi connectivity index (χ1n) is 10.00. The molecule has 0 unspecified atom stereocenters. The first kappa shape index (κ1) is 20.8. The highest BCUT2D eigenvalue weighted by Crippen LogP contribution is 2.36. The van der Waals surface area contributed by atoms with Crippen LogP contribution in [0.15, 0.2) is 71.5 Å². The molecule has 0 saturated heterocycles. The van der Waals surface area contributed by atoms with E-state index in [0.29, 0.717) is 16.7 Å². The highest BCUT2D eigenvalue weighted by Gasteiger charge is 2.32. The molecule has 0 atom stereocenters. The van der Waals surface area contributed by atoms with Gasteiger partial charge >= 0.3 is 6.18 Å². The molecule has 7 heteroatoms. The maximum absolute atomic E-state index is 13.6. The fourth-order valence-corrected chi connectivity index (χ4v) is 3.29. The monoisotopic (exact) mass is 423 g/mol. The third-order valence-corrected chi connectivity index (χ3v) is 4.98. The summed E-state index contributed by atoms with van der Waals surface area (Å²) in [5.74, 6) is 0.315. The molecule has 0 aliphatic carbocycles. The Bertz CT molecular complexity index is 1150. The maximum atomic E-state index is 13.6. The van der Waals surface area contributed by atoms with Crippen molar-refractivity contribution in [2.75, 3.05) is 0 Å². The van der Waals surface area contributed by atoms with Crippen LogP contribution in [0.25, 0.3) is 34.0 Å². The molecule has 4 nitrogen and oxygen atoms in total. The molecule has 0 radical (unpaired) electrons. The van der Waals surface area contributed by atoms with Gasteiger partial charge in [0, 0.05) is 23.5 Å². The lowest BCUT2D eigenvalue weighted by Crippen LogP contribution is -2.05. The molecule has 158 valence electrons. The number of rotatable bonds is 6. The topological polar surface area (TPSA) is 51.8 Å². The molecule has 0 N–H and O–H groups in total. The van der Waals surface area contributed by atoms with Crippen LogP contribution in [0.4, 0.5) is 13.2 Å². The fraction of sp³-hybridized carbons (Fsp3) is 0.208. The van der Waals surface area contributed by atoms with E-state index in [9.17, 15) is 13.2 Å². The van der Waals surface area contributed by atoms with Crippen LogP contribution in [0, 0.1) is 0 Å². The first-order chi connectivity index (χ1) is 14.9. The van der Waals surface area contributed by atoms with Gasteiger partial charge in [0.05, 0.1) is 5.56 Å². The second-order valence-corrected chi connectivity index (χ2v) is 7.26. The number of hydrogen-bond donors (Lipinski definition) is 0. The van der Waals surface area contributed by atoms with Crippen LogP contribution < -0.4 is 0 Å². The zero-order chi connectivity index (χ0) is 21.8. The summed E-state index contributed by atoms with van der Waals surface area (Å²) < 4.78 is 46.0. The van der Waals surface area contributed by atoms with Gasteiger partial charge in [-0.2, -0.15) is 18.2 Å². The zero-order valence-corrected chi connectivity index (χ0v) is 16.9. The number of aryl methyl sites for hydroxylation is 1. The van der Waals surface area contributed by atoms with Gasteiger partial charge in [0.2, 0.25) is 5.82 Å². The summed E-state index contributed by atoms with van der Waals surface area (Å²) in [6, 6.07) is 14.8. The van der Waals surface area contributed by atoms with Crippen molar-refractivity contribution in [3.05, 3.63) is 78.1 Å². The Labute approximate surface area is 177 Å². The average molecular weight is 423 g/mol. The maximum Gasteiger partial charge on any atom is 0.416 e. The summed E-state index contributed by atoms with van der Waals surface area (Å²) in [5.41, 5.74) is 2.42. The molecule has 31 heavy (non-hydrogen) atoms. The minimum absolute atomic E-state index is 0.0266. The van der Waals surface area contributed by atoms with E-state index in [0.717, 1.165) is 37.0 Å². The molecule has 0 amide bonds. The van der Waals surface area contributed by atoms with Crippen molar-refractivity contribution >= 4 is 0 Å². The second-order valence-electron chi connectivity index (χ2n) is 7.26. The molecule has 0 fully saturated rings. The molecule has 2 aromatic heterocycles. The highest BCUT2D eigenvalue weighted by molar-refractivity contribution is 5.72. The third-order valence-electron chi connectivity index (χ3n) is 4.98. The van der Waals surface area contributed by atoms with Gasteiger partial charge in [0.25, 0.3) is 5.89 Å². The molecule has 0 saturated carbocycles. The summed E-state index contributed by atoms with van der Waals surface area (Å²) in [6.07, 6.45) is 1.77. The summed E-state index contributed by atoms with van der Waals surface area (Å²) >= 11 is 0. The van der Waals surface area contributed by atoms with Gasteiger partial charge in [-0.05, 0) is 59.9 Å². The van der Waals surface area contributed by atoms with Gasteiger partial charge < -0.3 is 4.52 Å². The number of aromatic nitrogens is 3. The minimum atomic E-state index is -4.50. The molecular weight excluding hydrogens is 403 g/mol. The minimum Gasteiger partial charge on any atom is -0.334 e. The number of hydrogen-bond acceptors (Lipinski definition) is 4. The lowest BCUT2D eigenvalue weighted by Gasteiger charge is -2.11. The number of alkyl halides is 3. The molecule has 0 spiro atoms. The smallest absolute Gasteiger partial charge is 0.334 e. The quantitative estimate of drug-likeness (QED) is 0.341. The number of halogens is 3. The lowest BCUT2D eigenvalue weighted by molar-refractivity contribution is -0.137. The van der Waals surface area contributed by atoms with Crippen LogP contribution in [0.3, 0.4) is 0 Å². The number of nitrogens with zero attached hydrogens (tertiary/aromatic N) is 3. The Morgan fingerprint density at radius 3 is 2.23 bits per heavy atom. The normalized spacial score (nSPS) is 11.6. The van der Waals surface area contributed by atoms with Gasteiger partial charge in [0.15, 0.2) is 0 Å². The van der Waals surface area contributed by atoms with Crippen LogP contribution in [0.5, 0.6) is 0 Å². The van der Waals surface area contributed by atoms with Crippen molar-refractivity contribution in [2.45, 2.75) is 32.4 Å². The molecule has 2 heterocycles. The second kappa shape index (κ2) is 8.71. The van der Waals surface area contributed by atoms with E-state index in [1.165, 1.54) is 0 Å². The van der Waals surface area contributed by atoms with Crippen LogP contribution in [0.2, 0.25) is 0 Å². The van der Waals surface area contributed by atoms with Crippen molar-refractivity contribution in [1.82, 2.24) is 15.1 Å². The Balaban J connectivity index is 1.73. The van der Waals surface area contributed by atoms with Crippen LogP contribution in [-0.4, -0.2) is 15.1 Å². The summed E-state index contributed by atoms with van der Waals surface area (Å²) in [5, 5.41) is 3.90. The SMILES string of the molecule is CCCCc1ccc(-c2cc(-c3nc(-c4ccncc4)no3)cc(C(F)(F)F)c2)cc1. The van der Waals surface area contributed by atoms with Crippen LogP contribution in [-0.2, 0) is 12.6 Å². The standard InChI is InChI=1S/C24H20F3N3O/c1-2-3-4-16-5-7-17(8-6-16)19-13-20(15-21(14-19)24(25,26)27)23-29-22(30-31-23)18-9-11-28-12-10-18/h5-15H,2-4H2,1H3. The van der Waals surface area contributed by atoms with Gasteiger partial charge in [-0.1, -0.05) is 42.8 Å². The molecule has 0 bridgehead atoms. The van der Waals surface area contributed by atoms with Gasteiger partial charge in [-0.3, -0.25) is 4.98 Å².